The Balaban J connectivity index is 1.96. The van der Waals surface area contributed by atoms with Crippen LogP contribution in [0.25, 0.3) is 0 Å². The number of hydrogen-bond acceptors (Lipinski definition) is 2. The lowest BCUT2D eigenvalue weighted by Gasteiger charge is -2.23. The van der Waals surface area contributed by atoms with Crippen molar-refractivity contribution in [3.8, 4) is 0 Å². The molecule has 25 heavy (non-hydrogen) atoms. The van der Waals surface area contributed by atoms with Crippen molar-refractivity contribution in [1.29, 1.82) is 0 Å². The van der Waals surface area contributed by atoms with Crippen molar-refractivity contribution in [3.05, 3.63) is 35.4 Å². The van der Waals surface area contributed by atoms with Gasteiger partial charge in [-0.05, 0) is 62.4 Å². The Hall–Kier alpha value is -1.56. The molecule has 0 aromatic heterocycles. The molecule has 1 heterocycles. The van der Waals surface area contributed by atoms with Crippen LogP contribution in [0.3, 0.4) is 0 Å². The Kier molecular flexibility index (Phi) is 7.29. The molecule has 3 nitrogen and oxygen atoms in total. The zero-order valence-electron chi connectivity index (χ0n) is 14.7. The number of piperidine rings is 1. The Morgan fingerprint density at radius 1 is 1.32 bits per heavy atom. The van der Waals surface area contributed by atoms with Crippen LogP contribution >= 0.6 is 0 Å². The first-order chi connectivity index (χ1) is 11.9. The van der Waals surface area contributed by atoms with Gasteiger partial charge in [0.2, 0.25) is 5.91 Å². The van der Waals surface area contributed by atoms with E-state index < -0.39 is 11.7 Å². The molecule has 2 rings (SSSR count). The molecule has 0 bridgehead atoms. The largest absolute Gasteiger partial charge is 0.416 e. The zero-order valence-corrected chi connectivity index (χ0v) is 14.7. The highest BCUT2D eigenvalue weighted by molar-refractivity contribution is 5.76. The van der Waals surface area contributed by atoms with Gasteiger partial charge in [0.15, 0.2) is 0 Å². The van der Waals surface area contributed by atoms with Gasteiger partial charge in [0.05, 0.1) is 11.6 Å². The van der Waals surface area contributed by atoms with Crippen LogP contribution in [0.4, 0.5) is 13.2 Å². The van der Waals surface area contributed by atoms with E-state index in [9.17, 15) is 18.0 Å². The number of rotatable bonds is 7. The van der Waals surface area contributed by atoms with Crippen LogP contribution in [-0.2, 0) is 11.0 Å². The van der Waals surface area contributed by atoms with Gasteiger partial charge in [-0.15, -0.1) is 0 Å². The SMILES string of the molecule is CCCC(NC(=O)CCC1CCNCC1)c1cccc(C(F)(F)F)c1. The summed E-state index contributed by atoms with van der Waals surface area (Å²) in [6, 6.07) is 4.90. The summed E-state index contributed by atoms with van der Waals surface area (Å²) in [6.07, 6.45) is 0.485. The van der Waals surface area contributed by atoms with E-state index in [0.717, 1.165) is 50.9 Å². The summed E-state index contributed by atoms with van der Waals surface area (Å²) >= 11 is 0. The Morgan fingerprint density at radius 3 is 2.68 bits per heavy atom. The molecule has 0 radical (unpaired) electrons. The maximum absolute atomic E-state index is 12.9. The lowest BCUT2D eigenvalue weighted by Crippen LogP contribution is -2.31. The fourth-order valence-corrected chi connectivity index (χ4v) is 3.31. The fourth-order valence-electron chi connectivity index (χ4n) is 3.31. The number of halogens is 3. The summed E-state index contributed by atoms with van der Waals surface area (Å²) in [4.78, 5) is 12.3. The maximum Gasteiger partial charge on any atom is 0.416 e. The summed E-state index contributed by atoms with van der Waals surface area (Å²) in [5, 5.41) is 6.23. The van der Waals surface area contributed by atoms with Gasteiger partial charge < -0.3 is 10.6 Å². The summed E-state index contributed by atoms with van der Waals surface area (Å²) < 4.78 is 38.7. The van der Waals surface area contributed by atoms with E-state index >= 15 is 0 Å². The van der Waals surface area contributed by atoms with Crippen LogP contribution in [-0.4, -0.2) is 19.0 Å². The fraction of sp³-hybridized carbons (Fsp3) is 0.632. The molecule has 1 aromatic carbocycles. The molecule has 0 aliphatic carbocycles. The first-order valence-corrected chi connectivity index (χ1v) is 9.07. The van der Waals surface area contributed by atoms with E-state index in [2.05, 4.69) is 10.6 Å². The zero-order chi connectivity index (χ0) is 18.3. The van der Waals surface area contributed by atoms with Crippen LogP contribution in [0.5, 0.6) is 0 Å². The van der Waals surface area contributed by atoms with Gasteiger partial charge in [0, 0.05) is 6.42 Å². The molecule has 1 aliphatic heterocycles. The Morgan fingerprint density at radius 2 is 2.04 bits per heavy atom. The second-order valence-corrected chi connectivity index (χ2v) is 6.76. The van der Waals surface area contributed by atoms with Gasteiger partial charge in [0.25, 0.3) is 0 Å². The summed E-state index contributed by atoms with van der Waals surface area (Å²) in [7, 11) is 0. The van der Waals surface area contributed by atoms with Crippen molar-refractivity contribution < 1.29 is 18.0 Å². The molecule has 1 fully saturated rings. The predicted molar refractivity (Wildman–Crippen MR) is 92.1 cm³/mol. The van der Waals surface area contributed by atoms with E-state index in [-0.39, 0.29) is 11.9 Å². The lowest BCUT2D eigenvalue weighted by atomic mass is 9.93. The van der Waals surface area contributed by atoms with E-state index in [4.69, 9.17) is 0 Å². The van der Waals surface area contributed by atoms with Gasteiger partial charge in [0.1, 0.15) is 0 Å². The van der Waals surface area contributed by atoms with Crippen molar-refractivity contribution in [1.82, 2.24) is 10.6 Å². The third-order valence-electron chi connectivity index (χ3n) is 4.77. The van der Waals surface area contributed by atoms with E-state index in [1.54, 1.807) is 6.07 Å². The number of carbonyl (C=O) groups is 1. The van der Waals surface area contributed by atoms with Crippen molar-refractivity contribution in [2.75, 3.05) is 13.1 Å². The second-order valence-electron chi connectivity index (χ2n) is 6.76. The van der Waals surface area contributed by atoms with Crippen molar-refractivity contribution in [2.24, 2.45) is 5.92 Å². The maximum atomic E-state index is 12.9. The summed E-state index contributed by atoms with van der Waals surface area (Å²) in [5.74, 6) is 0.486. The monoisotopic (exact) mass is 356 g/mol. The number of nitrogens with one attached hydrogen (secondary N) is 2. The molecular weight excluding hydrogens is 329 g/mol. The minimum Gasteiger partial charge on any atom is -0.349 e. The minimum absolute atomic E-state index is 0.0746. The normalized spacial score (nSPS) is 17.3. The number of hydrogen-bond donors (Lipinski definition) is 2. The Labute approximate surface area is 147 Å². The van der Waals surface area contributed by atoms with Crippen LogP contribution in [0.15, 0.2) is 24.3 Å². The molecule has 1 unspecified atom stereocenters. The molecule has 1 atom stereocenters. The highest BCUT2D eigenvalue weighted by atomic mass is 19.4. The molecule has 0 spiro atoms. The van der Waals surface area contributed by atoms with Crippen LogP contribution in [0, 0.1) is 5.92 Å². The number of alkyl halides is 3. The van der Waals surface area contributed by atoms with Crippen molar-refractivity contribution in [2.45, 2.75) is 57.7 Å². The molecule has 1 aromatic rings. The highest BCUT2D eigenvalue weighted by Crippen LogP contribution is 2.31. The van der Waals surface area contributed by atoms with E-state index in [1.165, 1.54) is 6.07 Å². The van der Waals surface area contributed by atoms with Crippen molar-refractivity contribution >= 4 is 5.91 Å². The lowest BCUT2D eigenvalue weighted by molar-refractivity contribution is -0.137. The topological polar surface area (TPSA) is 41.1 Å². The number of benzene rings is 1. The summed E-state index contributed by atoms with van der Waals surface area (Å²) in [5.41, 5.74) is -0.151. The number of carbonyl (C=O) groups excluding carboxylic acids is 1. The second kappa shape index (κ2) is 9.22. The molecule has 1 saturated heterocycles. The molecule has 1 aliphatic rings. The van der Waals surface area contributed by atoms with Gasteiger partial charge >= 0.3 is 6.18 Å². The third kappa shape index (κ3) is 6.34. The molecule has 2 N–H and O–H groups in total. The smallest absolute Gasteiger partial charge is 0.349 e. The first-order valence-electron chi connectivity index (χ1n) is 9.07. The molecule has 1 amide bonds. The molecule has 140 valence electrons. The quantitative estimate of drug-likeness (QED) is 0.758. The molecule has 0 saturated carbocycles. The van der Waals surface area contributed by atoms with Gasteiger partial charge in [-0.3, -0.25) is 4.79 Å². The van der Waals surface area contributed by atoms with Crippen molar-refractivity contribution in [3.63, 3.8) is 0 Å². The van der Waals surface area contributed by atoms with Gasteiger partial charge in [-0.2, -0.15) is 13.2 Å². The third-order valence-corrected chi connectivity index (χ3v) is 4.77. The molecular formula is C19H27F3N2O. The summed E-state index contributed by atoms with van der Waals surface area (Å²) in [6.45, 7) is 3.95. The van der Waals surface area contributed by atoms with Gasteiger partial charge in [-0.1, -0.05) is 25.5 Å². The minimum atomic E-state index is -4.37. The standard InChI is InChI=1S/C19H27F3N2O/c1-2-4-17(15-5-3-6-16(13-15)19(20,21)22)24-18(25)8-7-14-9-11-23-12-10-14/h3,5-6,13-14,17,23H,2,4,7-12H2,1H3,(H,24,25). The predicted octanol–water partition coefficient (Wildman–Crippen LogP) is 4.44. The molecule has 6 heteroatoms. The average Bonchev–Trinajstić information content (AvgIpc) is 2.60. The van der Waals surface area contributed by atoms with E-state index in [0.29, 0.717) is 24.3 Å². The highest BCUT2D eigenvalue weighted by Gasteiger charge is 2.31. The van der Waals surface area contributed by atoms with Gasteiger partial charge in [-0.25, -0.2) is 0 Å². The average molecular weight is 356 g/mol. The first kappa shape index (κ1) is 19.8. The van der Waals surface area contributed by atoms with Crippen LogP contribution in [0.2, 0.25) is 0 Å². The van der Waals surface area contributed by atoms with E-state index in [1.807, 2.05) is 6.92 Å². The Bertz CT molecular complexity index is 554. The van der Waals surface area contributed by atoms with Crippen LogP contribution < -0.4 is 10.6 Å². The number of amides is 1. The van der Waals surface area contributed by atoms with Crippen LogP contribution in [0.1, 0.15) is 62.6 Å².